The lowest BCUT2D eigenvalue weighted by Gasteiger charge is -2.30. The lowest BCUT2D eigenvalue weighted by Crippen LogP contribution is -2.37. The second-order valence-electron chi connectivity index (χ2n) is 6.20. The summed E-state index contributed by atoms with van der Waals surface area (Å²) in [5, 5.41) is 10.6. The fraction of sp³-hybridized carbons (Fsp3) is 0.647. The molecule has 0 saturated carbocycles. The molecule has 1 unspecified atom stereocenters. The van der Waals surface area contributed by atoms with E-state index in [1.807, 2.05) is 25.1 Å². The molecule has 1 N–H and O–H groups in total. The van der Waals surface area contributed by atoms with Crippen LogP contribution in [0.25, 0.3) is 0 Å². The number of rotatable bonds is 7. The third-order valence-electron chi connectivity index (χ3n) is 3.48. The molecule has 0 radical (unpaired) electrons. The lowest BCUT2D eigenvalue weighted by molar-refractivity contribution is 0.0859. The van der Waals surface area contributed by atoms with Crippen molar-refractivity contribution in [3.05, 3.63) is 29.3 Å². The Morgan fingerprint density at radius 3 is 2.30 bits per heavy atom. The first kappa shape index (κ1) is 17.0. The smallest absolute Gasteiger partial charge is 0.124 e. The van der Waals surface area contributed by atoms with Crippen LogP contribution in [-0.2, 0) is 0 Å². The molecule has 1 rings (SSSR count). The number of nitrogens with zero attached hydrogens (tertiary/aromatic N) is 1. The van der Waals surface area contributed by atoms with Crippen molar-refractivity contribution >= 4 is 0 Å². The van der Waals surface area contributed by atoms with Gasteiger partial charge < -0.3 is 9.84 Å². The minimum absolute atomic E-state index is 0.419. The van der Waals surface area contributed by atoms with Gasteiger partial charge in [-0.2, -0.15) is 0 Å². The van der Waals surface area contributed by atoms with Crippen LogP contribution in [0.2, 0.25) is 0 Å². The van der Waals surface area contributed by atoms with Gasteiger partial charge in [-0.1, -0.05) is 25.5 Å². The van der Waals surface area contributed by atoms with Gasteiger partial charge in [-0.15, -0.1) is 0 Å². The fourth-order valence-electron chi connectivity index (χ4n) is 2.40. The maximum Gasteiger partial charge on any atom is 0.124 e. The largest absolute Gasteiger partial charge is 0.496 e. The highest BCUT2D eigenvalue weighted by Gasteiger charge is 2.19. The van der Waals surface area contributed by atoms with E-state index in [1.165, 1.54) is 0 Å². The van der Waals surface area contributed by atoms with Crippen LogP contribution in [0.1, 0.15) is 44.9 Å². The molecule has 0 spiro atoms. The Balaban J connectivity index is 2.88. The van der Waals surface area contributed by atoms with Gasteiger partial charge in [-0.05, 0) is 38.8 Å². The number of hydrogen-bond donors (Lipinski definition) is 1. The number of methoxy groups -OCH3 is 1. The number of hydrogen-bond acceptors (Lipinski definition) is 3. The Labute approximate surface area is 123 Å². The summed E-state index contributed by atoms with van der Waals surface area (Å²) in [5.41, 5.74) is 2.02. The van der Waals surface area contributed by atoms with Crippen LogP contribution < -0.4 is 4.74 Å². The first-order chi connectivity index (χ1) is 9.35. The van der Waals surface area contributed by atoms with Gasteiger partial charge in [0.1, 0.15) is 5.75 Å². The monoisotopic (exact) mass is 279 g/mol. The van der Waals surface area contributed by atoms with Crippen LogP contribution in [0.15, 0.2) is 18.2 Å². The molecule has 1 aromatic rings. The highest BCUT2D eigenvalue weighted by atomic mass is 16.5. The maximum absolute atomic E-state index is 10.6. The van der Waals surface area contributed by atoms with E-state index in [0.29, 0.717) is 18.5 Å². The van der Waals surface area contributed by atoms with E-state index in [4.69, 9.17) is 4.74 Å². The van der Waals surface area contributed by atoms with Crippen molar-refractivity contribution in [2.75, 3.05) is 20.2 Å². The molecular weight excluding hydrogens is 250 g/mol. The first-order valence-corrected chi connectivity index (χ1v) is 7.41. The van der Waals surface area contributed by atoms with Crippen LogP contribution in [0.4, 0.5) is 0 Å². The van der Waals surface area contributed by atoms with Gasteiger partial charge >= 0.3 is 0 Å². The van der Waals surface area contributed by atoms with Gasteiger partial charge in [0.25, 0.3) is 0 Å². The Morgan fingerprint density at radius 2 is 1.80 bits per heavy atom. The normalized spacial score (nSPS) is 13.3. The molecule has 0 aliphatic rings. The average Bonchev–Trinajstić information content (AvgIpc) is 2.37. The van der Waals surface area contributed by atoms with Crippen molar-refractivity contribution < 1.29 is 9.84 Å². The molecule has 0 bridgehead atoms. The summed E-state index contributed by atoms with van der Waals surface area (Å²) in [6.07, 6.45) is -0.522. The number of aliphatic hydroxyl groups excluding tert-OH is 1. The summed E-state index contributed by atoms with van der Waals surface area (Å²) < 4.78 is 5.37. The topological polar surface area (TPSA) is 32.7 Å². The molecule has 0 saturated heterocycles. The molecule has 0 aliphatic carbocycles. The molecular formula is C17H29NO2. The van der Waals surface area contributed by atoms with Gasteiger partial charge in [0.2, 0.25) is 0 Å². The van der Waals surface area contributed by atoms with Crippen LogP contribution in [-0.4, -0.2) is 36.2 Å². The van der Waals surface area contributed by atoms with E-state index >= 15 is 0 Å². The Morgan fingerprint density at radius 1 is 1.15 bits per heavy atom. The van der Waals surface area contributed by atoms with E-state index < -0.39 is 6.10 Å². The standard InChI is InChI=1S/C17H29NO2/c1-12(2)10-18(13(3)4)11-16(19)15-9-14(5)7-8-17(15)20-6/h7-9,12-13,16,19H,10-11H2,1-6H3. The van der Waals surface area contributed by atoms with Crippen LogP contribution in [0, 0.1) is 12.8 Å². The second kappa shape index (κ2) is 7.65. The van der Waals surface area contributed by atoms with Gasteiger partial charge in [-0.3, -0.25) is 4.90 Å². The van der Waals surface area contributed by atoms with E-state index in [-0.39, 0.29) is 0 Å². The van der Waals surface area contributed by atoms with E-state index in [1.54, 1.807) is 7.11 Å². The zero-order chi connectivity index (χ0) is 15.3. The molecule has 3 nitrogen and oxygen atoms in total. The maximum atomic E-state index is 10.6. The molecule has 0 aliphatic heterocycles. The minimum atomic E-state index is -0.522. The highest BCUT2D eigenvalue weighted by molar-refractivity contribution is 5.38. The van der Waals surface area contributed by atoms with Crippen LogP contribution >= 0.6 is 0 Å². The molecule has 114 valence electrons. The van der Waals surface area contributed by atoms with Crippen LogP contribution in [0.3, 0.4) is 0 Å². The van der Waals surface area contributed by atoms with E-state index in [0.717, 1.165) is 23.4 Å². The van der Waals surface area contributed by atoms with Crippen LogP contribution in [0.5, 0.6) is 5.75 Å². The zero-order valence-corrected chi connectivity index (χ0v) is 13.7. The van der Waals surface area contributed by atoms with Gasteiger partial charge in [0.15, 0.2) is 0 Å². The third kappa shape index (κ3) is 4.80. The molecule has 3 heteroatoms. The Bertz CT molecular complexity index is 415. The van der Waals surface area contributed by atoms with Gasteiger partial charge in [0, 0.05) is 24.7 Å². The van der Waals surface area contributed by atoms with Crippen molar-refractivity contribution in [1.29, 1.82) is 0 Å². The predicted octanol–water partition coefficient (Wildman–Crippen LogP) is 3.40. The highest BCUT2D eigenvalue weighted by Crippen LogP contribution is 2.27. The Hall–Kier alpha value is -1.06. The summed E-state index contributed by atoms with van der Waals surface area (Å²) in [4.78, 5) is 2.32. The molecule has 0 amide bonds. The summed E-state index contributed by atoms with van der Waals surface area (Å²) in [7, 11) is 1.65. The van der Waals surface area contributed by atoms with Gasteiger partial charge in [0.05, 0.1) is 13.2 Å². The summed E-state index contributed by atoms with van der Waals surface area (Å²) in [5.74, 6) is 1.35. The summed E-state index contributed by atoms with van der Waals surface area (Å²) >= 11 is 0. The summed E-state index contributed by atoms with van der Waals surface area (Å²) in [6, 6.07) is 6.36. The average molecular weight is 279 g/mol. The molecule has 0 fully saturated rings. The molecule has 20 heavy (non-hydrogen) atoms. The molecule has 0 heterocycles. The van der Waals surface area contributed by atoms with E-state index in [9.17, 15) is 5.11 Å². The molecule has 1 atom stereocenters. The van der Waals surface area contributed by atoms with Crippen molar-refractivity contribution in [3.8, 4) is 5.75 Å². The first-order valence-electron chi connectivity index (χ1n) is 7.41. The summed E-state index contributed by atoms with van der Waals surface area (Å²) in [6.45, 7) is 12.4. The molecule has 0 aromatic heterocycles. The van der Waals surface area contributed by atoms with Crippen molar-refractivity contribution in [2.45, 2.75) is 46.8 Å². The van der Waals surface area contributed by atoms with E-state index in [2.05, 4.69) is 32.6 Å². The second-order valence-corrected chi connectivity index (χ2v) is 6.20. The third-order valence-corrected chi connectivity index (χ3v) is 3.48. The predicted molar refractivity (Wildman–Crippen MR) is 84.2 cm³/mol. The lowest BCUT2D eigenvalue weighted by atomic mass is 10.0. The minimum Gasteiger partial charge on any atom is -0.496 e. The number of aliphatic hydroxyl groups is 1. The zero-order valence-electron chi connectivity index (χ0n) is 13.7. The molecule has 1 aromatic carbocycles. The Kier molecular flexibility index (Phi) is 6.50. The SMILES string of the molecule is COc1ccc(C)cc1C(O)CN(CC(C)C)C(C)C. The number of benzene rings is 1. The van der Waals surface area contributed by atoms with Crippen molar-refractivity contribution in [3.63, 3.8) is 0 Å². The quantitative estimate of drug-likeness (QED) is 0.830. The number of ether oxygens (including phenoxy) is 1. The number of aryl methyl sites for hydroxylation is 1. The fourth-order valence-corrected chi connectivity index (χ4v) is 2.40. The van der Waals surface area contributed by atoms with Gasteiger partial charge in [-0.25, -0.2) is 0 Å². The van der Waals surface area contributed by atoms with Crippen molar-refractivity contribution in [2.24, 2.45) is 5.92 Å². The van der Waals surface area contributed by atoms with Crippen molar-refractivity contribution in [1.82, 2.24) is 4.90 Å².